The van der Waals surface area contributed by atoms with Crippen molar-refractivity contribution in [2.24, 2.45) is 5.41 Å². The van der Waals surface area contributed by atoms with Crippen molar-refractivity contribution in [3.63, 3.8) is 0 Å². The van der Waals surface area contributed by atoms with Gasteiger partial charge >= 0.3 is 0 Å². The second-order valence-corrected chi connectivity index (χ2v) is 9.11. The minimum Gasteiger partial charge on any atom is -0.342 e. The minimum atomic E-state index is -0.586. The number of halogens is 2. The first-order chi connectivity index (χ1) is 13.7. The monoisotopic (exact) mass is 397 g/mol. The number of carbonyl (C=O) groups is 1. The van der Waals surface area contributed by atoms with Gasteiger partial charge in [-0.25, -0.2) is 13.8 Å². The van der Waals surface area contributed by atoms with Crippen molar-refractivity contribution in [3.05, 3.63) is 59.3 Å². The van der Waals surface area contributed by atoms with E-state index < -0.39 is 11.6 Å². The van der Waals surface area contributed by atoms with Crippen molar-refractivity contribution in [3.8, 4) is 0 Å². The number of benzene rings is 1. The summed E-state index contributed by atoms with van der Waals surface area (Å²) in [5.74, 6) is -0.189. The van der Waals surface area contributed by atoms with Crippen LogP contribution in [0.25, 0.3) is 11.0 Å². The predicted octanol–water partition coefficient (Wildman–Crippen LogP) is 5.61. The molecule has 3 aromatic rings. The van der Waals surface area contributed by atoms with Crippen LogP contribution in [-0.2, 0) is 11.3 Å². The molecule has 2 heterocycles. The van der Waals surface area contributed by atoms with E-state index >= 15 is 0 Å². The SMILES string of the molecule is CC(C)(C)CC(=O)Nc1nc2ccn(Cc3cc(F)cc(F)c3)c2cc1C1CC1. The summed E-state index contributed by atoms with van der Waals surface area (Å²) in [7, 11) is 0. The summed E-state index contributed by atoms with van der Waals surface area (Å²) in [4.78, 5) is 17.1. The number of nitrogens with zero attached hydrogens (tertiary/aromatic N) is 2. The Hall–Kier alpha value is -2.76. The highest BCUT2D eigenvalue weighted by atomic mass is 19.1. The number of anilines is 1. The minimum absolute atomic E-state index is 0.0408. The van der Waals surface area contributed by atoms with Crippen molar-refractivity contribution in [2.75, 3.05) is 5.32 Å². The summed E-state index contributed by atoms with van der Waals surface area (Å²) in [6, 6.07) is 7.47. The highest BCUT2D eigenvalue weighted by molar-refractivity contribution is 5.93. The van der Waals surface area contributed by atoms with E-state index in [-0.39, 0.29) is 11.3 Å². The third-order valence-electron chi connectivity index (χ3n) is 5.02. The fraction of sp³-hybridized carbons (Fsp3) is 0.391. The topological polar surface area (TPSA) is 46.9 Å². The van der Waals surface area contributed by atoms with E-state index in [1.54, 1.807) is 0 Å². The van der Waals surface area contributed by atoms with Crippen LogP contribution in [-0.4, -0.2) is 15.5 Å². The molecular formula is C23H25F2N3O. The van der Waals surface area contributed by atoms with Crippen LogP contribution in [0.3, 0.4) is 0 Å². The van der Waals surface area contributed by atoms with Gasteiger partial charge in [-0.05, 0) is 54.0 Å². The fourth-order valence-corrected chi connectivity index (χ4v) is 3.63. The quantitative estimate of drug-likeness (QED) is 0.608. The van der Waals surface area contributed by atoms with Gasteiger partial charge in [-0.15, -0.1) is 0 Å². The van der Waals surface area contributed by atoms with E-state index in [2.05, 4.69) is 11.4 Å². The highest BCUT2D eigenvalue weighted by Gasteiger charge is 2.29. The smallest absolute Gasteiger partial charge is 0.226 e. The number of hydrogen-bond acceptors (Lipinski definition) is 2. The molecule has 0 aliphatic heterocycles. The standard InChI is InChI=1S/C23H25F2N3O/c1-23(2,3)12-21(29)27-22-18(15-4-5-15)11-20-19(26-22)6-7-28(20)13-14-8-16(24)10-17(25)9-14/h6-11,15H,4-5,12-13H2,1-3H3,(H,26,27,29). The van der Waals surface area contributed by atoms with Gasteiger partial charge in [-0.1, -0.05) is 20.8 Å². The van der Waals surface area contributed by atoms with Crippen LogP contribution in [0, 0.1) is 17.0 Å². The lowest BCUT2D eigenvalue weighted by Gasteiger charge is -2.18. The highest BCUT2D eigenvalue weighted by Crippen LogP contribution is 2.44. The van der Waals surface area contributed by atoms with Gasteiger partial charge in [-0.2, -0.15) is 0 Å². The maximum Gasteiger partial charge on any atom is 0.226 e. The molecule has 0 atom stereocenters. The van der Waals surface area contributed by atoms with Crippen LogP contribution < -0.4 is 5.32 Å². The molecule has 6 heteroatoms. The Labute approximate surface area is 168 Å². The van der Waals surface area contributed by atoms with Gasteiger partial charge in [0.2, 0.25) is 5.91 Å². The number of hydrogen-bond donors (Lipinski definition) is 1. The molecule has 1 amide bonds. The molecule has 0 spiro atoms. The van der Waals surface area contributed by atoms with Crippen molar-refractivity contribution >= 4 is 22.8 Å². The molecule has 0 unspecified atom stereocenters. The summed E-state index contributed by atoms with van der Waals surface area (Å²) < 4.78 is 29.0. The number of rotatable bonds is 5. The molecule has 2 aromatic heterocycles. The van der Waals surface area contributed by atoms with Gasteiger partial charge in [0.15, 0.2) is 0 Å². The number of fused-ring (bicyclic) bond motifs is 1. The zero-order chi connectivity index (χ0) is 20.8. The molecule has 1 aliphatic carbocycles. The predicted molar refractivity (Wildman–Crippen MR) is 110 cm³/mol. The van der Waals surface area contributed by atoms with Crippen molar-refractivity contribution < 1.29 is 13.6 Å². The van der Waals surface area contributed by atoms with Crippen LogP contribution in [0.1, 0.15) is 57.1 Å². The second-order valence-electron chi connectivity index (χ2n) is 9.11. The molecule has 0 saturated heterocycles. The van der Waals surface area contributed by atoms with Crippen molar-refractivity contribution in [2.45, 2.75) is 52.5 Å². The molecule has 1 fully saturated rings. The molecule has 0 radical (unpaired) electrons. The Morgan fingerprint density at radius 1 is 1.17 bits per heavy atom. The third-order valence-corrected chi connectivity index (χ3v) is 5.02. The molecule has 4 rings (SSSR count). The molecular weight excluding hydrogens is 372 g/mol. The molecule has 1 aromatic carbocycles. The first-order valence-electron chi connectivity index (χ1n) is 9.92. The maximum atomic E-state index is 13.5. The van der Waals surface area contributed by atoms with Crippen LogP contribution in [0.2, 0.25) is 0 Å². The molecule has 1 aliphatic rings. The number of pyridine rings is 1. The Kier molecular flexibility index (Phi) is 4.89. The summed E-state index contributed by atoms with van der Waals surface area (Å²) in [6.45, 7) is 6.43. The average Bonchev–Trinajstić information content (AvgIpc) is 3.35. The fourth-order valence-electron chi connectivity index (χ4n) is 3.63. The van der Waals surface area contributed by atoms with Gasteiger partial charge < -0.3 is 9.88 Å². The van der Waals surface area contributed by atoms with Crippen LogP contribution in [0.5, 0.6) is 0 Å². The van der Waals surface area contributed by atoms with E-state index in [4.69, 9.17) is 4.98 Å². The van der Waals surface area contributed by atoms with E-state index in [0.717, 1.165) is 35.5 Å². The lowest BCUT2D eigenvalue weighted by Crippen LogP contribution is -2.21. The van der Waals surface area contributed by atoms with Gasteiger partial charge in [0.05, 0.1) is 11.0 Å². The Morgan fingerprint density at radius 3 is 2.48 bits per heavy atom. The Balaban J connectivity index is 1.66. The largest absolute Gasteiger partial charge is 0.342 e. The number of amides is 1. The summed E-state index contributed by atoms with van der Waals surface area (Å²) >= 11 is 0. The summed E-state index contributed by atoms with van der Waals surface area (Å²) in [5, 5.41) is 3.00. The Morgan fingerprint density at radius 2 is 1.86 bits per heavy atom. The average molecular weight is 397 g/mol. The van der Waals surface area contributed by atoms with Crippen molar-refractivity contribution in [1.29, 1.82) is 0 Å². The van der Waals surface area contributed by atoms with Gasteiger partial charge in [0.1, 0.15) is 17.5 Å². The normalized spacial score (nSPS) is 14.4. The van der Waals surface area contributed by atoms with E-state index in [1.165, 1.54) is 12.1 Å². The lowest BCUT2D eigenvalue weighted by atomic mass is 9.92. The zero-order valence-electron chi connectivity index (χ0n) is 16.9. The first-order valence-corrected chi connectivity index (χ1v) is 9.92. The molecule has 4 nitrogen and oxygen atoms in total. The van der Waals surface area contributed by atoms with E-state index in [1.807, 2.05) is 37.6 Å². The summed E-state index contributed by atoms with van der Waals surface area (Å²) in [5.41, 5.74) is 3.13. The second kappa shape index (κ2) is 7.25. The van der Waals surface area contributed by atoms with Crippen LogP contribution in [0.15, 0.2) is 36.5 Å². The number of nitrogens with one attached hydrogen (secondary N) is 1. The molecule has 152 valence electrons. The first kappa shape index (κ1) is 19.6. The third kappa shape index (κ3) is 4.63. The van der Waals surface area contributed by atoms with Gasteiger partial charge in [0, 0.05) is 30.8 Å². The maximum absolute atomic E-state index is 13.5. The zero-order valence-corrected chi connectivity index (χ0v) is 16.9. The molecule has 0 bridgehead atoms. The molecule has 1 N–H and O–H groups in total. The number of aromatic nitrogens is 2. The summed E-state index contributed by atoms with van der Waals surface area (Å²) in [6.07, 6.45) is 4.43. The van der Waals surface area contributed by atoms with Crippen molar-refractivity contribution in [1.82, 2.24) is 9.55 Å². The van der Waals surface area contributed by atoms with Gasteiger partial charge in [0.25, 0.3) is 0 Å². The molecule has 29 heavy (non-hydrogen) atoms. The van der Waals surface area contributed by atoms with Crippen LogP contribution >= 0.6 is 0 Å². The molecule has 1 saturated carbocycles. The van der Waals surface area contributed by atoms with E-state index in [9.17, 15) is 13.6 Å². The lowest BCUT2D eigenvalue weighted by molar-refractivity contribution is -0.117. The van der Waals surface area contributed by atoms with Crippen LogP contribution in [0.4, 0.5) is 14.6 Å². The van der Waals surface area contributed by atoms with E-state index in [0.29, 0.717) is 30.3 Å². The Bertz CT molecular complexity index is 1060. The van der Waals surface area contributed by atoms with Gasteiger partial charge in [-0.3, -0.25) is 4.79 Å². The number of carbonyl (C=O) groups excluding carboxylic acids is 1.